The minimum absolute atomic E-state index is 1.11. The maximum absolute atomic E-state index is 3.67. The Morgan fingerprint density at radius 2 is 1.46 bits per heavy atom. The number of benzene rings is 1. The lowest BCUT2D eigenvalue weighted by molar-refractivity contribution is 1.11. The number of hydrogen-bond donors (Lipinski definition) is 0. The summed E-state index contributed by atoms with van der Waals surface area (Å²) in [6.45, 7) is 12.0. The molecule has 0 atom stereocenters. The molecule has 0 unspecified atom stereocenters. The molecular weight excluding hydrogens is 156 g/mol. The quantitative estimate of drug-likeness (QED) is 0.560. The van der Waals surface area contributed by atoms with Crippen molar-refractivity contribution in [2.24, 2.45) is 0 Å². The molecule has 0 aliphatic carbocycles. The molecule has 0 aliphatic heterocycles. The molecular formula is C13H20. The average Bonchev–Trinajstić information content (AvgIpc) is 2.11. The van der Waals surface area contributed by atoms with Crippen molar-refractivity contribution in [3.05, 3.63) is 47.5 Å². The van der Waals surface area contributed by atoms with E-state index in [1.165, 1.54) is 16.7 Å². The summed E-state index contributed by atoms with van der Waals surface area (Å²) in [7, 11) is 0. The van der Waals surface area contributed by atoms with Gasteiger partial charge in [0.15, 0.2) is 0 Å². The summed E-state index contributed by atoms with van der Waals surface area (Å²) < 4.78 is 0. The van der Waals surface area contributed by atoms with Crippen molar-refractivity contribution in [2.75, 3.05) is 0 Å². The first-order valence-electron chi connectivity index (χ1n) is 4.74. The molecule has 0 amide bonds. The van der Waals surface area contributed by atoms with Gasteiger partial charge in [0.2, 0.25) is 0 Å². The highest BCUT2D eigenvalue weighted by molar-refractivity contribution is 5.23. The van der Waals surface area contributed by atoms with Crippen LogP contribution in [0.15, 0.2) is 36.4 Å². The fraction of sp³-hybridized carbons (Fsp3) is 0.385. The van der Waals surface area contributed by atoms with Crippen molar-refractivity contribution in [2.45, 2.75) is 34.1 Å². The Bertz CT molecular complexity index is 237. The van der Waals surface area contributed by atoms with Crippen LogP contribution in [0.4, 0.5) is 0 Å². The van der Waals surface area contributed by atoms with Crippen LogP contribution in [0.3, 0.4) is 0 Å². The van der Waals surface area contributed by atoms with Crippen LogP contribution in [0.2, 0.25) is 0 Å². The Balaban J connectivity index is 0.000000252. The molecule has 1 aromatic carbocycles. The zero-order chi connectivity index (χ0) is 10.3. The van der Waals surface area contributed by atoms with Crippen molar-refractivity contribution >= 4 is 0 Å². The number of rotatable bonds is 1. The number of aryl methyl sites for hydroxylation is 2. The summed E-state index contributed by atoms with van der Waals surface area (Å²) in [5.41, 5.74) is 3.99. The van der Waals surface area contributed by atoms with Crippen molar-refractivity contribution < 1.29 is 0 Å². The minimum atomic E-state index is 1.11. The highest BCUT2D eigenvalue weighted by atomic mass is 13.9. The first kappa shape index (κ1) is 12.0. The zero-order valence-electron chi connectivity index (χ0n) is 9.22. The fourth-order valence-electron chi connectivity index (χ4n) is 0.663. The molecule has 0 fully saturated rings. The first-order valence-corrected chi connectivity index (χ1v) is 4.74. The number of hydrogen-bond acceptors (Lipinski definition) is 0. The third kappa shape index (κ3) is 6.15. The van der Waals surface area contributed by atoms with E-state index < -0.39 is 0 Å². The van der Waals surface area contributed by atoms with Gasteiger partial charge >= 0.3 is 0 Å². The van der Waals surface area contributed by atoms with Crippen LogP contribution in [0.25, 0.3) is 0 Å². The van der Waals surface area contributed by atoms with Crippen LogP contribution in [0.1, 0.15) is 31.4 Å². The van der Waals surface area contributed by atoms with Crippen LogP contribution >= 0.6 is 0 Å². The monoisotopic (exact) mass is 176 g/mol. The van der Waals surface area contributed by atoms with E-state index in [1.54, 1.807) is 0 Å². The van der Waals surface area contributed by atoms with Gasteiger partial charge in [0, 0.05) is 0 Å². The third-order valence-corrected chi connectivity index (χ3v) is 2.03. The van der Waals surface area contributed by atoms with Crippen molar-refractivity contribution in [3.8, 4) is 0 Å². The normalized spacial score (nSPS) is 8.62. The van der Waals surface area contributed by atoms with Crippen LogP contribution < -0.4 is 0 Å². The van der Waals surface area contributed by atoms with Gasteiger partial charge in [-0.3, -0.25) is 0 Å². The SMILES string of the molecule is C=C(C)CC.Cc1ccccc1C. The van der Waals surface area contributed by atoms with E-state index in [9.17, 15) is 0 Å². The standard InChI is InChI=1S/C8H10.C5H10/c1-7-5-3-4-6-8(7)2;1-4-5(2)3/h3-6H,1-2H3;2,4H2,1,3H3. The van der Waals surface area contributed by atoms with E-state index in [2.05, 4.69) is 51.6 Å². The summed E-state index contributed by atoms with van der Waals surface area (Å²) in [6, 6.07) is 8.36. The lowest BCUT2D eigenvalue weighted by Crippen LogP contribution is -1.74. The van der Waals surface area contributed by atoms with Crippen molar-refractivity contribution in [3.63, 3.8) is 0 Å². The lowest BCUT2D eigenvalue weighted by atomic mass is 10.1. The van der Waals surface area contributed by atoms with Crippen LogP contribution in [-0.2, 0) is 0 Å². The predicted octanol–water partition coefficient (Wildman–Crippen LogP) is 4.28. The van der Waals surface area contributed by atoms with Gasteiger partial charge in [-0.2, -0.15) is 0 Å². The Kier molecular flexibility index (Phi) is 5.96. The van der Waals surface area contributed by atoms with Crippen LogP contribution in [0.5, 0.6) is 0 Å². The summed E-state index contributed by atoms with van der Waals surface area (Å²) in [5, 5.41) is 0. The fourth-order valence-corrected chi connectivity index (χ4v) is 0.663. The Hall–Kier alpha value is -1.04. The molecule has 0 saturated carbocycles. The van der Waals surface area contributed by atoms with Gasteiger partial charge in [-0.05, 0) is 38.3 Å². The minimum Gasteiger partial charge on any atom is -0.100 e. The Morgan fingerprint density at radius 3 is 1.62 bits per heavy atom. The molecule has 0 aliphatic rings. The second kappa shape index (κ2) is 6.47. The van der Waals surface area contributed by atoms with Crippen LogP contribution in [-0.4, -0.2) is 0 Å². The molecule has 0 N–H and O–H groups in total. The van der Waals surface area contributed by atoms with Gasteiger partial charge in [-0.25, -0.2) is 0 Å². The molecule has 0 heteroatoms. The van der Waals surface area contributed by atoms with Gasteiger partial charge in [0.25, 0.3) is 0 Å². The van der Waals surface area contributed by atoms with Gasteiger partial charge in [0.05, 0.1) is 0 Å². The topological polar surface area (TPSA) is 0 Å². The Morgan fingerprint density at radius 1 is 1.15 bits per heavy atom. The van der Waals surface area contributed by atoms with E-state index in [0.717, 1.165) is 6.42 Å². The van der Waals surface area contributed by atoms with Gasteiger partial charge < -0.3 is 0 Å². The van der Waals surface area contributed by atoms with E-state index in [1.807, 2.05) is 6.92 Å². The maximum atomic E-state index is 3.67. The van der Waals surface area contributed by atoms with E-state index >= 15 is 0 Å². The molecule has 72 valence electrons. The highest BCUT2D eigenvalue weighted by Crippen LogP contribution is 2.02. The Labute approximate surface area is 82.3 Å². The highest BCUT2D eigenvalue weighted by Gasteiger charge is 1.83. The predicted molar refractivity (Wildman–Crippen MR) is 61.0 cm³/mol. The maximum Gasteiger partial charge on any atom is -0.0354 e. The molecule has 0 aromatic heterocycles. The van der Waals surface area contributed by atoms with E-state index in [4.69, 9.17) is 0 Å². The van der Waals surface area contributed by atoms with Gasteiger partial charge in [0.1, 0.15) is 0 Å². The van der Waals surface area contributed by atoms with Crippen LogP contribution in [0, 0.1) is 13.8 Å². The van der Waals surface area contributed by atoms with Gasteiger partial charge in [-0.15, -0.1) is 6.58 Å². The van der Waals surface area contributed by atoms with E-state index in [-0.39, 0.29) is 0 Å². The molecule has 0 radical (unpaired) electrons. The average molecular weight is 176 g/mol. The van der Waals surface area contributed by atoms with Crippen molar-refractivity contribution in [1.29, 1.82) is 0 Å². The summed E-state index contributed by atoms with van der Waals surface area (Å²) in [4.78, 5) is 0. The number of allylic oxidation sites excluding steroid dienone is 1. The lowest BCUT2D eigenvalue weighted by Gasteiger charge is -1.93. The molecule has 13 heavy (non-hydrogen) atoms. The first-order chi connectivity index (χ1) is 6.07. The largest absolute Gasteiger partial charge is 0.100 e. The molecule has 0 nitrogen and oxygen atoms in total. The van der Waals surface area contributed by atoms with Crippen molar-refractivity contribution in [1.82, 2.24) is 0 Å². The molecule has 0 spiro atoms. The second-order valence-corrected chi connectivity index (χ2v) is 3.39. The zero-order valence-corrected chi connectivity index (χ0v) is 9.22. The second-order valence-electron chi connectivity index (χ2n) is 3.39. The molecule has 0 heterocycles. The van der Waals surface area contributed by atoms with E-state index in [0.29, 0.717) is 0 Å². The molecule has 0 bridgehead atoms. The summed E-state index contributed by atoms with van der Waals surface area (Å²) in [5.74, 6) is 0. The smallest absolute Gasteiger partial charge is 0.0354 e. The molecule has 1 rings (SSSR count). The van der Waals surface area contributed by atoms with Gasteiger partial charge in [-0.1, -0.05) is 36.8 Å². The third-order valence-electron chi connectivity index (χ3n) is 2.03. The summed E-state index contributed by atoms with van der Waals surface area (Å²) >= 11 is 0. The summed E-state index contributed by atoms with van der Waals surface area (Å²) in [6.07, 6.45) is 1.11. The molecule has 1 aromatic rings. The molecule has 0 saturated heterocycles.